The second kappa shape index (κ2) is 7.14. The van der Waals surface area contributed by atoms with E-state index < -0.39 is 0 Å². The van der Waals surface area contributed by atoms with Crippen molar-refractivity contribution in [1.82, 2.24) is 0 Å². The Morgan fingerprint density at radius 1 is 1.05 bits per heavy atom. The third-order valence-electron chi connectivity index (χ3n) is 2.76. The fourth-order valence-corrected chi connectivity index (χ4v) is 1.74. The van der Waals surface area contributed by atoms with Crippen molar-refractivity contribution in [3.8, 4) is 5.75 Å². The molecule has 0 spiro atoms. The molecule has 0 amide bonds. The minimum Gasteiger partial charge on any atom is -0.496 e. The average molecular weight is 268 g/mol. The molecule has 20 heavy (non-hydrogen) atoms. The van der Waals surface area contributed by atoms with Gasteiger partial charge in [-0.1, -0.05) is 48.5 Å². The number of methoxy groups -OCH3 is 1. The van der Waals surface area contributed by atoms with Gasteiger partial charge in [-0.05, 0) is 17.7 Å². The number of hydrogen-bond donors (Lipinski definition) is 0. The lowest BCUT2D eigenvalue weighted by atomic mass is 10.2. The molecule has 0 saturated carbocycles. The molecule has 2 aromatic carbocycles. The van der Waals surface area contributed by atoms with Gasteiger partial charge in [0, 0.05) is 11.6 Å². The Bertz CT molecular complexity index is 588. The van der Waals surface area contributed by atoms with Crippen molar-refractivity contribution in [1.29, 1.82) is 0 Å². The molecular formula is C17H16O3. The topological polar surface area (TPSA) is 35.5 Å². The number of esters is 1. The van der Waals surface area contributed by atoms with E-state index in [1.54, 1.807) is 13.2 Å². The Morgan fingerprint density at radius 2 is 1.75 bits per heavy atom. The first-order valence-electron chi connectivity index (χ1n) is 6.31. The van der Waals surface area contributed by atoms with Gasteiger partial charge in [0.2, 0.25) is 0 Å². The van der Waals surface area contributed by atoms with E-state index in [4.69, 9.17) is 9.47 Å². The molecule has 102 valence electrons. The van der Waals surface area contributed by atoms with Crippen LogP contribution in [0.3, 0.4) is 0 Å². The summed E-state index contributed by atoms with van der Waals surface area (Å²) >= 11 is 0. The average Bonchev–Trinajstić information content (AvgIpc) is 2.52. The molecule has 3 nitrogen and oxygen atoms in total. The van der Waals surface area contributed by atoms with Crippen molar-refractivity contribution in [3.63, 3.8) is 0 Å². The molecule has 0 aliphatic heterocycles. The van der Waals surface area contributed by atoms with E-state index in [0.717, 1.165) is 16.9 Å². The van der Waals surface area contributed by atoms with Gasteiger partial charge in [0.25, 0.3) is 0 Å². The van der Waals surface area contributed by atoms with E-state index in [1.807, 2.05) is 54.6 Å². The fourth-order valence-electron chi connectivity index (χ4n) is 1.74. The number of carbonyl (C=O) groups is 1. The molecule has 0 radical (unpaired) electrons. The molecular weight excluding hydrogens is 252 g/mol. The van der Waals surface area contributed by atoms with Gasteiger partial charge in [-0.25, -0.2) is 4.79 Å². The number of benzene rings is 2. The van der Waals surface area contributed by atoms with Gasteiger partial charge in [0.05, 0.1) is 7.11 Å². The number of rotatable bonds is 5. The van der Waals surface area contributed by atoms with Crippen LogP contribution in [0.15, 0.2) is 60.7 Å². The van der Waals surface area contributed by atoms with Crippen molar-refractivity contribution in [3.05, 3.63) is 71.8 Å². The largest absolute Gasteiger partial charge is 0.496 e. The summed E-state index contributed by atoms with van der Waals surface area (Å²) in [6.45, 7) is 0.274. The SMILES string of the molecule is COc1ccccc1/C=C/C(=O)OCc1ccccc1. The Labute approximate surface area is 118 Å². The van der Waals surface area contributed by atoms with E-state index in [1.165, 1.54) is 6.08 Å². The monoisotopic (exact) mass is 268 g/mol. The first-order valence-corrected chi connectivity index (χ1v) is 6.31. The molecule has 0 saturated heterocycles. The predicted octanol–water partition coefficient (Wildman–Crippen LogP) is 3.45. The number of ether oxygens (including phenoxy) is 2. The molecule has 0 unspecified atom stereocenters. The summed E-state index contributed by atoms with van der Waals surface area (Å²) in [7, 11) is 1.60. The van der Waals surface area contributed by atoms with Crippen molar-refractivity contribution in [2.75, 3.05) is 7.11 Å². The lowest BCUT2D eigenvalue weighted by molar-refractivity contribution is -0.138. The minimum absolute atomic E-state index is 0.274. The maximum atomic E-state index is 11.6. The third kappa shape index (κ3) is 3.99. The predicted molar refractivity (Wildman–Crippen MR) is 78.3 cm³/mol. The van der Waals surface area contributed by atoms with E-state index in [2.05, 4.69) is 0 Å². The lowest BCUT2D eigenvalue weighted by Gasteiger charge is -2.04. The Balaban J connectivity index is 1.92. The highest BCUT2D eigenvalue weighted by molar-refractivity contribution is 5.87. The van der Waals surface area contributed by atoms with E-state index in [9.17, 15) is 4.79 Å². The van der Waals surface area contributed by atoms with Crippen LogP contribution in [0.1, 0.15) is 11.1 Å². The van der Waals surface area contributed by atoms with Gasteiger partial charge in [-0.2, -0.15) is 0 Å². The van der Waals surface area contributed by atoms with Gasteiger partial charge in [-0.15, -0.1) is 0 Å². The highest BCUT2D eigenvalue weighted by atomic mass is 16.5. The summed E-state index contributed by atoms with van der Waals surface area (Å²) in [6, 6.07) is 17.1. The summed E-state index contributed by atoms with van der Waals surface area (Å²) < 4.78 is 10.4. The smallest absolute Gasteiger partial charge is 0.331 e. The van der Waals surface area contributed by atoms with E-state index in [-0.39, 0.29) is 12.6 Å². The normalized spacial score (nSPS) is 10.4. The summed E-state index contributed by atoms with van der Waals surface area (Å²) in [5.74, 6) is 0.347. The summed E-state index contributed by atoms with van der Waals surface area (Å²) in [6.07, 6.45) is 3.09. The Morgan fingerprint density at radius 3 is 2.50 bits per heavy atom. The zero-order valence-corrected chi connectivity index (χ0v) is 11.3. The zero-order valence-electron chi connectivity index (χ0n) is 11.3. The van der Waals surface area contributed by atoms with Gasteiger partial charge in [0.15, 0.2) is 0 Å². The van der Waals surface area contributed by atoms with Crippen LogP contribution >= 0.6 is 0 Å². The zero-order chi connectivity index (χ0) is 14.2. The summed E-state index contributed by atoms with van der Waals surface area (Å²) in [4.78, 5) is 11.6. The maximum absolute atomic E-state index is 11.6. The van der Waals surface area contributed by atoms with Crippen molar-refractivity contribution >= 4 is 12.0 Å². The second-order valence-corrected chi connectivity index (χ2v) is 4.17. The molecule has 3 heteroatoms. The molecule has 0 atom stereocenters. The van der Waals surface area contributed by atoms with Crippen LogP contribution in [0.2, 0.25) is 0 Å². The van der Waals surface area contributed by atoms with Gasteiger partial charge in [-0.3, -0.25) is 0 Å². The standard InChI is InChI=1S/C17H16O3/c1-19-16-10-6-5-9-15(16)11-12-17(18)20-13-14-7-3-2-4-8-14/h2-12H,13H2,1H3/b12-11+. The fraction of sp³-hybridized carbons (Fsp3) is 0.118. The molecule has 0 fully saturated rings. The second-order valence-electron chi connectivity index (χ2n) is 4.17. The van der Waals surface area contributed by atoms with Crippen molar-refractivity contribution in [2.45, 2.75) is 6.61 Å². The van der Waals surface area contributed by atoms with Crippen LogP contribution in [0.4, 0.5) is 0 Å². The van der Waals surface area contributed by atoms with Crippen LogP contribution in [0.25, 0.3) is 6.08 Å². The van der Waals surface area contributed by atoms with E-state index >= 15 is 0 Å². The highest BCUT2D eigenvalue weighted by Gasteiger charge is 2.00. The first kappa shape index (κ1) is 13.9. The molecule has 2 rings (SSSR count). The number of para-hydroxylation sites is 1. The molecule has 0 heterocycles. The molecule has 2 aromatic rings. The van der Waals surface area contributed by atoms with Crippen molar-refractivity contribution < 1.29 is 14.3 Å². The van der Waals surface area contributed by atoms with Crippen LogP contribution in [-0.2, 0) is 16.1 Å². The number of hydrogen-bond acceptors (Lipinski definition) is 3. The quantitative estimate of drug-likeness (QED) is 0.615. The first-order chi connectivity index (χ1) is 9.79. The number of carbonyl (C=O) groups excluding carboxylic acids is 1. The Kier molecular flexibility index (Phi) is 4.95. The molecule has 0 aliphatic rings. The van der Waals surface area contributed by atoms with Gasteiger partial charge >= 0.3 is 5.97 Å². The Hall–Kier alpha value is -2.55. The molecule has 0 N–H and O–H groups in total. The molecule has 0 aromatic heterocycles. The van der Waals surface area contributed by atoms with E-state index in [0.29, 0.717) is 0 Å². The summed E-state index contributed by atoms with van der Waals surface area (Å²) in [5, 5.41) is 0. The molecule has 0 aliphatic carbocycles. The van der Waals surface area contributed by atoms with Gasteiger partial charge in [0.1, 0.15) is 12.4 Å². The highest BCUT2D eigenvalue weighted by Crippen LogP contribution is 2.18. The van der Waals surface area contributed by atoms with Crippen LogP contribution < -0.4 is 4.74 Å². The minimum atomic E-state index is -0.375. The lowest BCUT2D eigenvalue weighted by Crippen LogP contribution is -2.00. The van der Waals surface area contributed by atoms with Crippen LogP contribution in [-0.4, -0.2) is 13.1 Å². The summed E-state index contributed by atoms with van der Waals surface area (Å²) in [5.41, 5.74) is 1.80. The molecule has 0 bridgehead atoms. The van der Waals surface area contributed by atoms with Gasteiger partial charge < -0.3 is 9.47 Å². The van der Waals surface area contributed by atoms with Crippen LogP contribution in [0, 0.1) is 0 Å². The van der Waals surface area contributed by atoms with Crippen LogP contribution in [0.5, 0.6) is 5.75 Å². The van der Waals surface area contributed by atoms with Crippen molar-refractivity contribution in [2.24, 2.45) is 0 Å². The maximum Gasteiger partial charge on any atom is 0.331 e. The third-order valence-corrected chi connectivity index (χ3v) is 2.76.